The van der Waals surface area contributed by atoms with Gasteiger partial charge in [-0.2, -0.15) is 5.26 Å². The molecule has 0 aromatic heterocycles. The first-order chi connectivity index (χ1) is 7.15. The third-order valence-electron chi connectivity index (χ3n) is 3.29. The Bertz CT molecular complexity index is 407. The van der Waals surface area contributed by atoms with Crippen LogP contribution in [0.15, 0.2) is 24.3 Å². The van der Waals surface area contributed by atoms with Crippen molar-refractivity contribution in [3.63, 3.8) is 0 Å². The number of hydrogen-bond acceptors (Lipinski definition) is 2. The van der Waals surface area contributed by atoms with Crippen LogP contribution in [0.5, 0.6) is 0 Å². The van der Waals surface area contributed by atoms with Crippen molar-refractivity contribution in [2.75, 3.05) is 0 Å². The molecule has 2 heteroatoms. The summed E-state index contributed by atoms with van der Waals surface area (Å²) in [6.45, 7) is 2.15. The van der Waals surface area contributed by atoms with Gasteiger partial charge in [0.15, 0.2) is 0 Å². The van der Waals surface area contributed by atoms with Gasteiger partial charge < -0.3 is 5.11 Å². The maximum atomic E-state index is 10.5. The lowest BCUT2D eigenvalue weighted by Crippen LogP contribution is -2.22. The summed E-state index contributed by atoms with van der Waals surface area (Å²) in [6.07, 6.45) is 2.58. The van der Waals surface area contributed by atoms with E-state index in [-0.39, 0.29) is 0 Å². The minimum Gasteiger partial charge on any atom is -0.385 e. The van der Waals surface area contributed by atoms with Crippen LogP contribution in [-0.2, 0) is 5.60 Å². The van der Waals surface area contributed by atoms with Crippen LogP contribution >= 0.6 is 0 Å². The third-order valence-corrected chi connectivity index (χ3v) is 3.29. The molecule has 0 aliphatic heterocycles. The van der Waals surface area contributed by atoms with Gasteiger partial charge in [0.05, 0.1) is 17.2 Å². The van der Waals surface area contributed by atoms with E-state index in [0.29, 0.717) is 11.5 Å². The van der Waals surface area contributed by atoms with Gasteiger partial charge in [0.1, 0.15) is 0 Å². The van der Waals surface area contributed by atoms with Gasteiger partial charge in [-0.15, -0.1) is 0 Å². The van der Waals surface area contributed by atoms with Crippen LogP contribution in [0.3, 0.4) is 0 Å². The lowest BCUT2D eigenvalue weighted by molar-refractivity contribution is 0.0405. The minimum absolute atomic E-state index is 0.543. The number of nitrogens with zero attached hydrogens (tertiary/aromatic N) is 1. The summed E-state index contributed by atoms with van der Waals surface area (Å²) < 4.78 is 0. The van der Waals surface area contributed by atoms with Gasteiger partial charge in [-0.1, -0.05) is 25.1 Å². The van der Waals surface area contributed by atoms with Gasteiger partial charge in [0, 0.05) is 5.56 Å². The van der Waals surface area contributed by atoms with Gasteiger partial charge in [-0.25, -0.2) is 0 Å². The van der Waals surface area contributed by atoms with Crippen molar-refractivity contribution in [3.05, 3.63) is 35.4 Å². The predicted octanol–water partition coefficient (Wildman–Crippen LogP) is 2.57. The molecule has 15 heavy (non-hydrogen) atoms. The number of benzene rings is 1. The van der Waals surface area contributed by atoms with Crippen molar-refractivity contribution in [1.29, 1.82) is 5.26 Å². The van der Waals surface area contributed by atoms with E-state index >= 15 is 0 Å². The Morgan fingerprint density at radius 1 is 1.47 bits per heavy atom. The van der Waals surface area contributed by atoms with Gasteiger partial charge in [0.25, 0.3) is 0 Å². The fourth-order valence-corrected chi connectivity index (χ4v) is 2.50. The van der Waals surface area contributed by atoms with Crippen LogP contribution in [0.1, 0.15) is 37.3 Å². The van der Waals surface area contributed by atoms with E-state index in [1.165, 1.54) is 0 Å². The highest BCUT2D eigenvalue weighted by Gasteiger charge is 2.38. The summed E-state index contributed by atoms with van der Waals surface area (Å²) >= 11 is 0. The molecule has 2 atom stereocenters. The van der Waals surface area contributed by atoms with E-state index in [9.17, 15) is 5.11 Å². The summed E-state index contributed by atoms with van der Waals surface area (Å²) in [5.74, 6) is 0.543. The fourth-order valence-electron chi connectivity index (χ4n) is 2.50. The first-order valence-electron chi connectivity index (χ1n) is 5.38. The Kier molecular flexibility index (Phi) is 2.50. The van der Waals surface area contributed by atoms with Crippen LogP contribution in [-0.4, -0.2) is 5.11 Å². The van der Waals surface area contributed by atoms with Gasteiger partial charge in [-0.05, 0) is 31.2 Å². The molecule has 0 radical (unpaired) electrons. The Morgan fingerprint density at radius 3 is 2.80 bits per heavy atom. The van der Waals surface area contributed by atoms with Crippen LogP contribution < -0.4 is 0 Å². The lowest BCUT2D eigenvalue weighted by Gasteiger charge is -2.24. The summed E-state index contributed by atoms with van der Waals surface area (Å²) in [4.78, 5) is 0. The Labute approximate surface area is 90.2 Å². The summed E-state index contributed by atoms with van der Waals surface area (Å²) in [7, 11) is 0. The maximum Gasteiger partial charge on any atom is 0.0995 e. The molecular weight excluding hydrogens is 186 g/mol. The molecule has 1 aromatic rings. The lowest BCUT2D eigenvalue weighted by atomic mass is 9.88. The first kappa shape index (κ1) is 10.2. The molecule has 2 nitrogen and oxygen atoms in total. The molecule has 2 rings (SSSR count). The molecule has 78 valence electrons. The molecule has 0 heterocycles. The largest absolute Gasteiger partial charge is 0.385 e. The van der Waals surface area contributed by atoms with Crippen molar-refractivity contribution in [3.8, 4) is 6.07 Å². The normalized spacial score (nSPS) is 30.1. The summed E-state index contributed by atoms with van der Waals surface area (Å²) in [5.41, 5.74) is 0.636. The monoisotopic (exact) mass is 201 g/mol. The van der Waals surface area contributed by atoms with E-state index < -0.39 is 5.60 Å². The smallest absolute Gasteiger partial charge is 0.0995 e. The molecular formula is C13H15NO. The first-order valence-corrected chi connectivity index (χ1v) is 5.38. The minimum atomic E-state index is -0.772. The maximum absolute atomic E-state index is 10.5. The van der Waals surface area contributed by atoms with E-state index in [1.807, 2.05) is 18.2 Å². The van der Waals surface area contributed by atoms with Crippen LogP contribution in [0.4, 0.5) is 0 Å². The second kappa shape index (κ2) is 3.67. The second-order valence-corrected chi connectivity index (χ2v) is 4.54. The van der Waals surface area contributed by atoms with E-state index in [1.54, 1.807) is 6.07 Å². The standard InChI is InChI=1S/C13H15NO/c1-10-6-7-13(15,8-10)12-5-3-2-4-11(12)9-14/h2-5,10,15H,6-8H2,1H3/t10-,13+/m0/s1. The number of rotatable bonds is 1. The molecule has 1 fully saturated rings. The molecule has 1 aliphatic rings. The van der Waals surface area contributed by atoms with Crippen LogP contribution in [0.25, 0.3) is 0 Å². The SMILES string of the molecule is C[C@H]1CC[C@](O)(c2ccccc2C#N)C1. The summed E-state index contributed by atoms with van der Waals surface area (Å²) in [5, 5.41) is 19.5. The highest BCUT2D eigenvalue weighted by Crippen LogP contribution is 2.42. The summed E-state index contributed by atoms with van der Waals surface area (Å²) in [6, 6.07) is 9.52. The third kappa shape index (κ3) is 1.75. The highest BCUT2D eigenvalue weighted by atomic mass is 16.3. The van der Waals surface area contributed by atoms with Crippen molar-refractivity contribution >= 4 is 0 Å². The van der Waals surface area contributed by atoms with Crippen molar-refractivity contribution in [2.24, 2.45) is 5.92 Å². The van der Waals surface area contributed by atoms with E-state index in [2.05, 4.69) is 13.0 Å². The van der Waals surface area contributed by atoms with E-state index in [0.717, 1.165) is 24.8 Å². The van der Waals surface area contributed by atoms with Crippen LogP contribution in [0.2, 0.25) is 0 Å². The van der Waals surface area contributed by atoms with Gasteiger partial charge in [0.2, 0.25) is 0 Å². The molecule has 0 bridgehead atoms. The highest BCUT2D eigenvalue weighted by molar-refractivity contribution is 5.41. The number of hydrogen-bond donors (Lipinski definition) is 1. The zero-order valence-corrected chi connectivity index (χ0v) is 8.90. The zero-order chi connectivity index (χ0) is 10.9. The average molecular weight is 201 g/mol. The predicted molar refractivity (Wildman–Crippen MR) is 58.1 cm³/mol. The quantitative estimate of drug-likeness (QED) is 0.758. The zero-order valence-electron chi connectivity index (χ0n) is 8.90. The molecule has 1 saturated carbocycles. The van der Waals surface area contributed by atoms with Crippen molar-refractivity contribution < 1.29 is 5.11 Å². The van der Waals surface area contributed by atoms with E-state index in [4.69, 9.17) is 5.26 Å². The van der Waals surface area contributed by atoms with Gasteiger partial charge in [-0.3, -0.25) is 0 Å². The average Bonchev–Trinajstić information content (AvgIpc) is 2.60. The molecule has 0 saturated heterocycles. The molecule has 1 aromatic carbocycles. The van der Waals surface area contributed by atoms with Crippen molar-refractivity contribution in [2.45, 2.75) is 31.8 Å². The second-order valence-electron chi connectivity index (χ2n) is 4.54. The molecule has 1 N–H and O–H groups in total. The fraction of sp³-hybridized carbons (Fsp3) is 0.462. The number of aliphatic hydroxyl groups is 1. The topological polar surface area (TPSA) is 44.0 Å². The van der Waals surface area contributed by atoms with Gasteiger partial charge >= 0.3 is 0 Å². The van der Waals surface area contributed by atoms with Crippen LogP contribution in [0, 0.1) is 17.2 Å². The molecule has 0 amide bonds. The van der Waals surface area contributed by atoms with Crippen molar-refractivity contribution in [1.82, 2.24) is 0 Å². The molecule has 0 unspecified atom stereocenters. The Morgan fingerprint density at radius 2 is 2.20 bits per heavy atom. The number of nitriles is 1. The molecule has 1 aliphatic carbocycles. The molecule has 0 spiro atoms. The Balaban J connectivity index is 2.41. The Hall–Kier alpha value is -1.33.